The van der Waals surface area contributed by atoms with Crippen LogP contribution in [0.4, 0.5) is 0 Å². The molecule has 5 atom stereocenters. The molecule has 0 aliphatic carbocycles. The summed E-state index contributed by atoms with van der Waals surface area (Å²) < 4.78 is 68.7. The smallest absolute Gasteiger partial charge is 0.462 e. The monoisotopic (exact) mass is 1470 g/mol. The predicted molar refractivity (Wildman–Crippen MR) is 409 cm³/mol. The summed E-state index contributed by atoms with van der Waals surface area (Å²) in [6.45, 7) is 7.37. The third kappa shape index (κ3) is 74.3. The van der Waals surface area contributed by atoms with Crippen molar-refractivity contribution in [3.63, 3.8) is 0 Å². The lowest BCUT2D eigenvalue weighted by Gasteiger charge is -2.21. The lowest BCUT2D eigenvalue weighted by atomic mass is 10.0. The van der Waals surface area contributed by atoms with Crippen molar-refractivity contribution < 1.29 is 80.2 Å². The van der Waals surface area contributed by atoms with Crippen molar-refractivity contribution in [1.29, 1.82) is 0 Å². The Morgan fingerprint density at radius 2 is 0.460 bits per heavy atom. The number of hydrogen-bond donors (Lipinski definition) is 3. The second kappa shape index (κ2) is 73.9. The first-order chi connectivity index (χ1) is 48.5. The van der Waals surface area contributed by atoms with Crippen LogP contribution in [0.3, 0.4) is 0 Å². The molecule has 0 aliphatic rings. The standard InChI is InChI=1S/C81H158O17P2/c1-6-9-12-15-18-21-24-26-30-35-40-45-50-55-60-65-79(84)92-71-77(98-81(86)67-62-57-52-47-42-37-33-29-28-32-34-39-43-48-53-58-63-74(4)5)73-96-100(89,90)94-69-75(82)68-93-99(87,88)95-72-76(70-91-78(83)64-59-54-49-44-38-23-20-17-14-11-8-3)97-80(85)66-61-56-51-46-41-36-31-27-25-22-19-16-13-10-7-2/h74-77,82H,6-73H2,1-5H3,(H,87,88)(H,89,90)/t75-,76+,77+/m0/s1. The first kappa shape index (κ1) is 98.1. The lowest BCUT2D eigenvalue weighted by molar-refractivity contribution is -0.161. The van der Waals surface area contributed by atoms with Gasteiger partial charge < -0.3 is 33.8 Å². The van der Waals surface area contributed by atoms with Gasteiger partial charge in [0.15, 0.2) is 12.2 Å². The molecule has 100 heavy (non-hydrogen) atoms. The minimum absolute atomic E-state index is 0.109. The Bertz CT molecular complexity index is 1910. The quantitative estimate of drug-likeness (QED) is 0.0222. The Morgan fingerprint density at radius 3 is 0.680 bits per heavy atom. The molecule has 0 saturated carbocycles. The molecule has 19 heteroatoms. The van der Waals surface area contributed by atoms with Gasteiger partial charge >= 0.3 is 39.5 Å². The van der Waals surface area contributed by atoms with Gasteiger partial charge in [-0.25, -0.2) is 9.13 Å². The molecule has 17 nitrogen and oxygen atoms in total. The summed E-state index contributed by atoms with van der Waals surface area (Å²) in [7, 11) is -9.92. The fourth-order valence-corrected chi connectivity index (χ4v) is 14.2. The van der Waals surface area contributed by atoms with Crippen molar-refractivity contribution >= 4 is 39.5 Å². The maximum atomic E-state index is 13.1. The Morgan fingerprint density at radius 1 is 0.270 bits per heavy atom. The summed E-state index contributed by atoms with van der Waals surface area (Å²) in [4.78, 5) is 73.0. The highest BCUT2D eigenvalue weighted by Crippen LogP contribution is 2.45. The minimum atomic E-state index is -4.96. The molecule has 3 N–H and O–H groups in total. The number of phosphoric ester groups is 2. The first-order valence-electron chi connectivity index (χ1n) is 42.1. The lowest BCUT2D eigenvalue weighted by Crippen LogP contribution is -2.30. The fraction of sp³-hybridized carbons (Fsp3) is 0.951. The molecule has 2 unspecified atom stereocenters. The van der Waals surface area contributed by atoms with Crippen LogP contribution < -0.4 is 0 Å². The van der Waals surface area contributed by atoms with Crippen LogP contribution in [0.1, 0.15) is 433 Å². The van der Waals surface area contributed by atoms with E-state index >= 15 is 0 Å². The van der Waals surface area contributed by atoms with Crippen LogP contribution in [-0.2, 0) is 65.4 Å². The van der Waals surface area contributed by atoms with E-state index in [2.05, 4.69) is 34.6 Å². The predicted octanol–water partition coefficient (Wildman–Crippen LogP) is 24.4. The zero-order valence-corrected chi connectivity index (χ0v) is 67.1. The van der Waals surface area contributed by atoms with Crippen LogP contribution in [0.5, 0.6) is 0 Å². The van der Waals surface area contributed by atoms with Crippen molar-refractivity contribution in [2.24, 2.45) is 5.92 Å². The van der Waals surface area contributed by atoms with Crippen molar-refractivity contribution in [1.82, 2.24) is 0 Å². The third-order valence-electron chi connectivity index (χ3n) is 19.0. The van der Waals surface area contributed by atoms with Crippen molar-refractivity contribution in [2.75, 3.05) is 39.6 Å². The van der Waals surface area contributed by atoms with E-state index in [0.29, 0.717) is 25.7 Å². The molecule has 0 radical (unpaired) electrons. The molecular formula is C81H158O17P2. The van der Waals surface area contributed by atoms with Gasteiger partial charge in [0.25, 0.3) is 0 Å². The van der Waals surface area contributed by atoms with E-state index in [9.17, 15) is 43.2 Å². The van der Waals surface area contributed by atoms with E-state index in [1.165, 1.54) is 257 Å². The number of aliphatic hydroxyl groups excluding tert-OH is 1. The van der Waals surface area contributed by atoms with Gasteiger partial charge in [-0.05, 0) is 31.6 Å². The average Bonchev–Trinajstić information content (AvgIpc) is 0.943. The molecule has 0 rings (SSSR count). The largest absolute Gasteiger partial charge is 0.472 e. The fourth-order valence-electron chi connectivity index (χ4n) is 12.6. The van der Waals surface area contributed by atoms with E-state index in [4.69, 9.17) is 37.0 Å². The third-order valence-corrected chi connectivity index (χ3v) is 20.9. The van der Waals surface area contributed by atoms with Gasteiger partial charge in [-0.3, -0.25) is 37.3 Å². The number of ether oxygens (including phenoxy) is 4. The van der Waals surface area contributed by atoms with Gasteiger partial charge in [-0.15, -0.1) is 0 Å². The molecule has 0 aromatic heterocycles. The van der Waals surface area contributed by atoms with Gasteiger partial charge in [0.2, 0.25) is 0 Å². The highest BCUT2D eigenvalue weighted by Gasteiger charge is 2.30. The molecule has 0 saturated heterocycles. The van der Waals surface area contributed by atoms with Crippen molar-refractivity contribution in [2.45, 2.75) is 451 Å². The van der Waals surface area contributed by atoms with E-state index in [0.717, 1.165) is 95.8 Å². The van der Waals surface area contributed by atoms with E-state index < -0.39 is 97.5 Å². The number of esters is 4. The molecule has 0 fully saturated rings. The summed E-state index contributed by atoms with van der Waals surface area (Å²) in [6.07, 6.45) is 65.0. The van der Waals surface area contributed by atoms with Gasteiger partial charge in [0.1, 0.15) is 19.3 Å². The van der Waals surface area contributed by atoms with Crippen molar-refractivity contribution in [3.05, 3.63) is 0 Å². The highest BCUT2D eigenvalue weighted by molar-refractivity contribution is 7.47. The number of hydrogen-bond acceptors (Lipinski definition) is 15. The van der Waals surface area contributed by atoms with E-state index in [1.54, 1.807) is 0 Å². The number of phosphoric acid groups is 2. The summed E-state index contributed by atoms with van der Waals surface area (Å²) in [6, 6.07) is 0. The van der Waals surface area contributed by atoms with Crippen LogP contribution in [-0.4, -0.2) is 96.7 Å². The van der Waals surface area contributed by atoms with Crippen LogP contribution >= 0.6 is 15.6 Å². The molecule has 0 spiro atoms. The number of carbonyl (C=O) groups excluding carboxylic acids is 4. The molecule has 0 aromatic rings. The van der Waals surface area contributed by atoms with Gasteiger partial charge in [0, 0.05) is 25.7 Å². The Labute approximate surface area is 613 Å². The number of rotatable bonds is 81. The molecule has 0 aromatic carbocycles. The van der Waals surface area contributed by atoms with Crippen LogP contribution in [0.2, 0.25) is 0 Å². The van der Waals surface area contributed by atoms with Gasteiger partial charge in [-0.2, -0.15) is 0 Å². The van der Waals surface area contributed by atoms with E-state index in [1.807, 2.05) is 0 Å². The molecular weight excluding hydrogens is 1310 g/mol. The normalized spacial score (nSPS) is 13.8. The number of aliphatic hydroxyl groups is 1. The second-order valence-corrected chi connectivity index (χ2v) is 32.5. The Balaban J connectivity index is 5.24. The van der Waals surface area contributed by atoms with E-state index in [-0.39, 0.29) is 25.7 Å². The molecule has 594 valence electrons. The summed E-state index contributed by atoms with van der Waals surface area (Å²) >= 11 is 0. The summed E-state index contributed by atoms with van der Waals surface area (Å²) in [5, 5.41) is 10.6. The number of carbonyl (C=O) groups is 4. The topological polar surface area (TPSA) is 237 Å². The molecule has 0 bridgehead atoms. The zero-order valence-electron chi connectivity index (χ0n) is 65.3. The van der Waals surface area contributed by atoms with Crippen LogP contribution in [0.15, 0.2) is 0 Å². The Kier molecular flexibility index (Phi) is 72.5. The summed E-state index contributed by atoms with van der Waals surface area (Å²) in [5.74, 6) is -1.29. The average molecular weight is 1470 g/mol. The van der Waals surface area contributed by atoms with Crippen LogP contribution in [0, 0.1) is 5.92 Å². The summed E-state index contributed by atoms with van der Waals surface area (Å²) in [5.41, 5.74) is 0. The maximum Gasteiger partial charge on any atom is 0.472 e. The Hall–Kier alpha value is -1.94. The minimum Gasteiger partial charge on any atom is -0.462 e. The van der Waals surface area contributed by atoms with Gasteiger partial charge in [0.05, 0.1) is 26.4 Å². The molecule has 0 aliphatic heterocycles. The van der Waals surface area contributed by atoms with Crippen LogP contribution in [0.25, 0.3) is 0 Å². The van der Waals surface area contributed by atoms with Gasteiger partial charge in [-0.1, -0.05) is 381 Å². The first-order valence-corrected chi connectivity index (χ1v) is 45.1. The molecule has 0 heterocycles. The van der Waals surface area contributed by atoms with Crippen molar-refractivity contribution in [3.8, 4) is 0 Å². The SMILES string of the molecule is CCCCCCCCCCCCCCCCCC(=O)OC[C@H](COP(=O)(O)OC[C@@H](O)COP(=O)(O)OC[C@@H](COC(=O)CCCCCCCCCCCCC)OC(=O)CCCCCCCCCCCCCCCCC)OC(=O)CCCCCCCCCCCCCCCCCCC(C)C. The number of unbranched alkanes of at least 4 members (excludes halogenated alkanes) is 53. The zero-order chi connectivity index (χ0) is 73.4. The highest BCUT2D eigenvalue weighted by atomic mass is 31.2. The second-order valence-electron chi connectivity index (χ2n) is 29.6. The maximum absolute atomic E-state index is 13.1. The molecule has 0 amide bonds.